The summed E-state index contributed by atoms with van der Waals surface area (Å²) in [6.45, 7) is 5.34. The maximum atomic E-state index is 10.8. The zero-order chi connectivity index (χ0) is 11.9. The molecule has 0 bridgehead atoms. The first kappa shape index (κ1) is 10.8. The lowest BCUT2D eigenvalue weighted by Crippen LogP contribution is -1.95. The number of carboxylic acids is 1. The molecule has 0 aliphatic heterocycles. The summed E-state index contributed by atoms with van der Waals surface area (Å²) in [5.74, 6) is -0.881. The Labute approximate surface area is 95.8 Å². The summed E-state index contributed by atoms with van der Waals surface area (Å²) >= 11 is 1.44. The van der Waals surface area contributed by atoms with E-state index in [1.807, 2.05) is 13.8 Å². The van der Waals surface area contributed by atoms with Crippen LogP contribution in [0.5, 0.6) is 0 Å². The normalized spacial score (nSPS) is 10.7. The molecule has 2 rings (SSSR count). The van der Waals surface area contributed by atoms with E-state index in [1.165, 1.54) is 11.3 Å². The van der Waals surface area contributed by atoms with Crippen molar-refractivity contribution >= 4 is 17.3 Å². The Morgan fingerprint density at radius 2 is 1.94 bits per heavy atom. The van der Waals surface area contributed by atoms with E-state index in [1.54, 1.807) is 6.92 Å². The monoisotopic (exact) mass is 238 g/mol. The number of oxazole rings is 1. The largest absolute Gasteiger partial charge is 0.475 e. The van der Waals surface area contributed by atoms with E-state index in [9.17, 15) is 4.79 Å². The highest BCUT2D eigenvalue weighted by Crippen LogP contribution is 2.30. The molecule has 2 aromatic heterocycles. The number of carbonyl (C=O) groups is 1. The van der Waals surface area contributed by atoms with Crippen molar-refractivity contribution in [1.82, 2.24) is 9.97 Å². The molecule has 0 aliphatic rings. The Kier molecular flexibility index (Phi) is 2.51. The first-order valence-corrected chi connectivity index (χ1v) is 5.46. The number of nitrogens with zero attached hydrogens (tertiary/aromatic N) is 2. The number of carboxylic acid groups (broad SMARTS) is 1. The van der Waals surface area contributed by atoms with Gasteiger partial charge in [0.05, 0.1) is 16.4 Å². The average Bonchev–Trinajstić information content (AvgIpc) is 2.69. The number of aryl methyl sites for hydroxylation is 3. The van der Waals surface area contributed by atoms with Crippen molar-refractivity contribution in [3.8, 4) is 10.8 Å². The van der Waals surface area contributed by atoms with Crippen molar-refractivity contribution in [3.63, 3.8) is 0 Å². The molecule has 0 atom stereocenters. The highest BCUT2D eigenvalue weighted by molar-refractivity contribution is 7.15. The van der Waals surface area contributed by atoms with Crippen molar-refractivity contribution < 1.29 is 14.3 Å². The lowest BCUT2D eigenvalue weighted by molar-refractivity contribution is 0.0662. The van der Waals surface area contributed by atoms with Gasteiger partial charge in [-0.2, -0.15) is 0 Å². The van der Waals surface area contributed by atoms with E-state index in [0.717, 1.165) is 15.6 Å². The molecular weight excluding hydrogens is 228 g/mol. The zero-order valence-electron chi connectivity index (χ0n) is 9.07. The lowest BCUT2D eigenvalue weighted by atomic mass is 10.4. The number of hydrogen-bond acceptors (Lipinski definition) is 5. The van der Waals surface area contributed by atoms with Crippen LogP contribution in [0.2, 0.25) is 0 Å². The van der Waals surface area contributed by atoms with Crippen LogP contribution in [0.3, 0.4) is 0 Å². The van der Waals surface area contributed by atoms with Crippen LogP contribution in [0.1, 0.15) is 27.0 Å². The van der Waals surface area contributed by atoms with Gasteiger partial charge in [-0.1, -0.05) is 0 Å². The number of aromatic carboxylic acids is 1. The molecule has 0 spiro atoms. The smallest absolute Gasteiger partial charge is 0.373 e. The summed E-state index contributed by atoms with van der Waals surface area (Å²) in [6, 6.07) is 0. The van der Waals surface area contributed by atoms with Gasteiger partial charge in [0.25, 0.3) is 0 Å². The van der Waals surface area contributed by atoms with E-state index in [4.69, 9.17) is 9.52 Å². The molecule has 84 valence electrons. The quantitative estimate of drug-likeness (QED) is 0.869. The minimum absolute atomic E-state index is 0.111. The van der Waals surface area contributed by atoms with E-state index in [0.29, 0.717) is 11.6 Å². The van der Waals surface area contributed by atoms with E-state index in [2.05, 4.69) is 9.97 Å². The minimum atomic E-state index is -1.10. The van der Waals surface area contributed by atoms with Gasteiger partial charge in [0.1, 0.15) is 4.88 Å². The number of aromatic nitrogens is 2. The second-order valence-corrected chi connectivity index (χ2v) is 4.59. The molecule has 0 saturated heterocycles. The topological polar surface area (TPSA) is 76.2 Å². The molecule has 0 aromatic carbocycles. The fourth-order valence-electron chi connectivity index (χ4n) is 1.42. The van der Waals surface area contributed by atoms with Crippen LogP contribution >= 0.6 is 11.3 Å². The van der Waals surface area contributed by atoms with Gasteiger partial charge < -0.3 is 9.52 Å². The molecular formula is C10H10N2O3S. The van der Waals surface area contributed by atoms with Crippen LogP contribution in [-0.2, 0) is 0 Å². The Hall–Kier alpha value is -1.69. The fraction of sp³-hybridized carbons (Fsp3) is 0.300. The molecule has 0 fully saturated rings. The average molecular weight is 238 g/mol. The SMILES string of the molecule is Cc1nc(C)c(-c2nc(C)c(C(=O)O)o2)s1. The molecule has 16 heavy (non-hydrogen) atoms. The zero-order valence-corrected chi connectivity index (χ0v) is 9.88. The van der Waals surface area contributed by atoms with Crippen molar-refractivity contribution in [2.75, 3.05) is 0 Å². The first-order valence-electron chi connectivity index (χ1n) is 4.64. The van der Waals surface area contributed by atoms with Crippen molar-refractivity contribution in [3.05, 3.63) is 22.2 Å². The van der Waals surface area contributed by atoms with Gasteiger partial charge in [-0.05, 0) is 20.8 Å². The molecule has 0 saturated carbocycles. The first-order chi connectivity index (χ1) is 7.49. The molecule has 0 unspecified atom stereocenters. The summed E-state index contributed by atoms with van der Waals surface area (Å²) < 4.78 is 5.22. The second-order valence-electron chi connectivity index (χ2n) is 3.39. The van der Waals surface area contributed by atoms with Crippen molar-refractivity contribution in [1.29, 1.82) is 0 Å². The van der Waals surface area contributed by atoms with Gasteiger partial charge in [-0.15, -0.1) is 11.3 Å². The molecule has 5 nitrogen and oxygen atoms in total. The molecule has 0 aliphatic carbocycles. The Bertz CT molecular complexity index is 556. The molecule has 0 amide bonds. The Balaban J connectivity index is 2.53. The van der Waals surface area contributed by atoms with Gasteiger partial charge >= 0.3 is 5.97 Å². The Morgan fingerprint density at radius 3 is 2.38 bits per heavy atom. The molecule has 1 N–H and O–H groups in total. The third-order valence-electron chi connectivity index (χ3n) is 2.09. The van der Waals surface area contributed by atoms with Crippen LogP contribution in [0.15, 0.2) is 4.42 Å². The molecule has 2 aromatic rings. The summed E-state index contributed by atoms with van der Waals surface area (Å²) in [4.78, 5) is 19.9. The van der Waals surface area contributed by atoms with Crippen molar-refractivity contribution in [2.24, 2.45) is 0 Å². The highest BCUT2D eigenvalue weighted by Gasteiger charge is 2.19. The fourth-order valence-corrected chi connectivity index (χ4v) is 2.27. The third kappa shape index (κ3) is 1.71. The lowest BCUT2D eigenvalue weighted by Gasteiger charge is -1.89. The summed E-state index contributed by atoms with van der Waals surface area (Å²) in [5.41, 5.74) is 1.19. The van der Waals surface area contributed by atoms with Crippen molar-refractivity contribution in [2.45, 2.75) is 20.8 Å². The van der Waals surface area contributed by atoms with Gasteiger partial charge in [-0.3, -0.25) is 0 Å². The number of thiazole rings is 1. The molecule has 6 heteroatoms. The third-order valence-corrected chi connectivity index (χ3v) is 3.15. The van der Waals surface area contributed by atoms with E-state index >= 15 is 0 Å². The maximum Gasteiger partial charge on any atom is 0.373 e. The van der Waals surface area contributed by atoms with Gasteiger partial charge in [0, 0.05) is 0 Å². The van der Waals surface area contributed by atoms with E-state index in [-0.39, 0.29) is 5.76 Å². The van der Waals surface area contributed by atoms with Gasteiger partial charge in [0.15, 0.2) is 0 Å². The predicted molar refractivity (Wildman–Crippen MR) is 58.8 cm³/mol. The van der Waals surface area contributed by atoms with Crippen LogP contribution in [0, 0.1) is 20.8 Å². The summed E-state index contributed by atoms with van der Waals surface area (Å²) in [5, 5.41) is 9.76. The van der Waals surface area contributed by atoms with Gasteiger partial charge in [-0.25, -0.2) is 14.8 Å². The van der Waals surface area contributed by atoms with Crippen LogP contribution < -0.4 is 0 Å². The van der Waals surface area contributed by atoms with Crippen LogP contribution in [-0.4, -0.2) is 21.0 Å². The van der Waals surface area contributed by atoms with Gasteiger partial charge in [0.2, 0.25) is 11.7 Å². The highest BCUT2D eigenvalue weighted by atomic mass is 32.1. The Morgan fingerprint density at radius 1 is 1.25 bits per heavy atom. The number of rotatable bonds is 2. The van der Waals surface area contributed by atoms with Crippen LogP contribution in [0.4, 0.5) is 0 Å². The predicted octanol–water partition coefficient (Wildman–Crippen LogP) is 2.42. The minimum Gasteiger partial charge on any atom is -0.475 e. The summed E-state index contributed by atoms with van der Waals surface area (Å²) in [6.07, 6.45) is 0. The summed E-state index contributed by atoms with van der Waals surface area (Å²) in [7, 11) is 0. The second kappa shape index (κ2) is 3.71. The molecule has 2 heterocycles. The van der Waals surface area contributed by atoms with Crippen LogP contribution in [0.25, 0.3) is 10.8 Å². The molecule has 0 radical (unpaired) electrons. The number of hydrogen-bond donors (Lipinski definition) is 1. The standard InChI is InChI=1S/C10H10N2O3S/c1-4-7(10(13)14)15-9(12-4)8-5(2)11-6(3)16-8/h1-3H3,(H,13,14). The van der Waals surface area contributed by atoms with E-state index < -0.39 is 5.97 Å². The maximum absolute atomic E-state index is 10.8.